The molecule has 0 radical (unpaired) electrons. The lowest BCUT2D eigenvalue weighted by molar-refractivity contribution is -0.121. The number of imidazole rings is 1. The van der Waals surface area contributed by atoms with Gasteiger partial charge in [0.25, 0.3) is 12.9 Å². The number of rotatable bonds is 9. The smallest absolute Gasteiger partial charge is 0.298 e. The van der Waals surface area contributed by atoms with Crippen LogP contribution >= 0.6 is 0 Å². The van der Waals surface area contributed by atoms with Crippen molar-refractivity contribution in [2.24, 2.45) is 0 Å². The van der Waals surface area contributed by atoms with Gasteiger partial charge in [0.1, 0.15) is 17.3 Å². The summed E-state index contributed by atoms with van der Waals surface area (Å²) in [5, 5.41) is 0. The Morgan fingerprint density at radius 3 is 2.27 bits per heavy atom. The van der Waals surface area contributed by atoms with Crippen LogP contribution in [0.4, 0.5) is 5.69 Å². The summed E-state index contributed by atoms with van der Waals surface area (Å²) in [4.78, 5) is 24.8. The summed E-state index contributed by atoms with van der Waals surface area (Å²) in [5.41, 5.74) is 9.55. The number of hydrogen-bond acceptors (Lipinski definition) is 6. The Hall–Kier alpha value is -3.35. The highest BCUT2D eigenvalue weighted by atomic mass is 16.5. The van der Waals surface area contributed by atoms with Crippen LogP contribution in [0.1, 0.15) is 44.5 Å². The number of aryl methyl sites for hydroxylation is 3. The third-order valence-corrected chi connectivity index (χ3v) is 4.64. The SMILES string of the molecule is CCCCc1ccc(OC=O)cc1N.CCCn1c(C)nc2cc(OC=O)ccc21. The molecule has 0 aliphatic heterocycles. The van der Waals surface area contributed by atoms with E-state index in [4.69, 9.17) is 10.5 Å². The first-order valence-electron chi connectivity index (χ1n) is 10.1. The monoisotopic (exact) mass is 411 g/mol. The van der Waals surface area contributed by atoms with Crippen molar-refractivity contribution in [1.82, 2.24) is 9.55 Å². The van der Waals surface area contributed by atoms with Crippen LogP contribution in [0.5, 0.6) is 11.5 Å². The van der Waals surface area contributed by atoms with Crippen LogP contribution in [0.2, 0.25) is 0 Å². The summed E-state index contributed by atoms with van der Waals surface area (Å²) in [6.45, 7) is 8.04. The highest BCUT2D eigenvalue weighted by Gasteiger charge is 2.07. The highest BCUT2D eigenvalue weighted by Crippen LogP contribution is 2.22. The third-order valence-electron chi connectivity index (χ3n) is 4.64. The van der Waals surface area contributed by atoms with Crippen molar-refractivity contribution in [2.45, 2.75) is 53.0 Å². The Morgan fingerprint density at radius 1 is 1.00 bits per heavy atom. The van der Waals surface area contributed by atoms with Crippen molar-refractivity contribution in [3.63, 3.8) is 0 Å². The lowest BCUT2D eigenvalue weighted by Gasteiger charge is -2.06. The number of hydrogen-bond donors (Lipinski definition) is 1. The number of carbonyl (C=O) groups excluding carboxylic acids is 2. The minimum absolute atomic E-state index is 0.403. The molecule has 2 aromatic carbocycles. The maximum Gasteiger partial charge on any atom is 0.298 e. The van der Waals surface area contributed by atoms with Crippen LogP contribution in [-0.2, 0) is 22.6 Å². The number of fused-ring (bicyclic) bond motifs is 1. The van der Waals surface area contributed by atoms with Crippen molar-refractivity contribution in [1.29, 1.82) is 0 Å². The molecule has 0 saturated carbocycles. The molecule has 0 bridgehead atoms. The number of unbranched alkanes of at least 4 members (excludes halogenated alkanes) is 1. The van der Waals surface area contributed by atoms with E-state index in [1.54, 1.807) is 24.3 Å². The average Bonchev–Trinajstić information content (AvgIpc) is 3.03. The van der Waals surface area contributed by atoms with Gasteiger partial charge in [-0.05, 0) is 49.9 Å². The lowest BCUT2D eigenvalue weighted by Crippen LogP contribution is -1.98. The molecule has 30 heavy (non-hydrogen) atoms. The summed E-state index contributed by atoms with van der Waals surface area (Å²) >= 11 is 0. The molecule has 0 fully saturated rings. The van der Waals surface area contributed by atoms with Gasteiger partial charge in [-0.1, -0.05) is 26.3 Å². The number of benzene rings is 2. The van der Waals surface area contributed by atoms with Crippen LogP contribution in [0, 0.1) is 6.92 Å². The Kier molecular flexibility index (Phi) is 8.87. The minimum atomic E-state index is 0.403. The maximum atomic E-state index is 10.2. The van der Waals surface area contributed by atoms with E-state index in [0.29, 0.717) is 30.1 Å². The molecule has 3 rings (SSSR count). The van der Waals surface area contributed by atoms with Gasteiger partial charge in [0, 0.05) is 24.4 Å². The van der Waals surface area contributed by atoms with Crippen LogP contribution in [0.25, 0.3) is 11.0 Å². The number of nitrogens with two attached hydrogens (primary N) is 1. The molecule has 0 unspecified atom stereocenters. The molecule has 1 aromatic heterocycles. The first-order valence-corrected chi connectivity index (χ1v) is 10.1. The second-order valence-corrected chi connectivity index (χ2v) is 6.85. The first-order chi connectivity index (χ1) is 14.5. The van der Waals surface area contributed by atoms with Crippen LogP contribution in [0.15, 0.2) is 36.4 Å². The topological polar surface area (TPSA) is 96.4 Å². The largest absolute Gasteiger partial charge is 0.429 e. The summed E-state index contributed by atoms with van der Waals surface area (Å²) in [7, 11) is 0. The molecular formula is C23H29N3O4. The second-order valence-electron chi connectivity index (χ2n) is 6.85. The van der Waals surface area contributed by atoms with E-state index in [-0.39, 0.29) is 0 Å². The number of anilines is 1. The quantitative estimate of drug-likeness (QED) is 0.413. The predicted octanol–water partition coefficient (Wildman–Crippen LogP) is 4.44. The average molecular weight is 412 g/mol. The van der Waals surface area contributed by atoms with Crippen molar-refractivity contribution in [3.05, 3.63) is 47.8 Å². The zero-order valence-corrected chi connectivity index (χ0v) is 17.8. The molecule has 7 heteroatoms. The summed E-state index contributed by atoms with van der Waals surface area (Å²) in [6.07, 6.45) is 4.31. The third kappa shape index (κ3) is 6.07. The van der Waals surface area contributed by atoms with Gasteiger partial charge in [-0.25, -0.2) is 4.98 Å². The maximum absolute atomic E-state index is 10.2. The number of nitrogen functional groups attached to an aromatic ring is 1. The van der Waals surface area contributed by atoms with E-state index in [0.717, 1.165) is 54.6 Å². The molecule has 1 heterocycles. The fraction of sp³-hybridized carbons (Fsp3) is 0.348. The molecule has 2 N–H and O–H groups in total. The number of aromatic nitrogens is 2. The van der Waals surface area contributed by atoms with Crippen LogP contribution < -0.4 is 15.2 Å². The molecule has 3 aromatic rings. The number of nitrogens with zero attached hydrogens (tertiary/aromatic N) is 2. The Balaban J connectivity index is 0.000000216. The molecule has 0 aliphatic rings. The standard InChI is InChI=1S/C12H14N2O2.C11H15NO2/c1-3-6-14-9(2)13-11-7-10(16-8-15)4-5-12(11)14;1-2-3-4-9-5-6-10(14-8-13)7-11(9)12/h4-5,7-8H,3,6H2,1-2H3;5-8H,2-4,12H2,1H3. The fourth-order valence-electron chi connectivity index (χ4n) is 3.16. The highest BCUT2D eigenvalue weighted by molar-refractivity contribution is 5.78. The minimum Gasteiger partial charge on any atom is -0.429 e. The Labute approximate surface area is 176 Å². The summed E-state index contributed by atoms with van der Waals surface area (Å²) in [6, 6.07) is 10.8. The molecule has 0 spiro atoms. The zero-order chi connectivity index (χ0) is 21.9. The first kappa shape index (κ1) is 22.9. The van der Waals surface area contributed by atoms with Crippen LogP contribution in [0.3, 0.4) is 0 Å². The van der Waals surface area contributed by atoms with E-state index < -0.39 is 0 Å². The van der Waals surface area contributed by atoms with Gasteiger partial charge in [0.2, 0.25) is 0 Å². The predicted molar refractivity (Wildman–Crippen MR) is 118 cm³/mol. The van der Waals surface area contributed by atoms with Gasteiger partial charge in [-0.3, -0.25) is 9.59 Å². The molecule has 160 valence electrons. The Morgan fingerprint density at radius 2 is 1.67 bits per heavy atom. The van der Waals surface area contributed by atoms with Crippen molar-refractivity contribution < 1.29 is 19.1 Å². The molecule has 7 nitrogen and oxygen atoms in total. The van der Waals surface area contributed by atoms with E-state index in [2.05, 4.69) is 28.1 Å². The molecule has 0 aliphatic carbocycles. The van der Waals surface area contributed by atoms with Gasteiger partial charge in [-0.2, -0.15) is 0 Å². The second kappa shape index (κ2) is 11.6. The molecule has 0 amide bonds. The Bertz CT molecular complexity index is 982. The number of ether oxygens (including phenoxy) is 2. The van der Waals surface area contributed by atoms with Gasteiger partial charge in [0.15, 0.2) is 0 Å². The van der Waals surface area contributed by atoms with Gasteiger partial charge in [-0.15, -0.1) is 0 Å². The molecule has 0 saturated heterocycles. The summed E-state index contributed by atoms with van der Waals surface area (Å²) in [5.74, 6) is 2.02. The number of carbonyl (C=O) groups is 2. The van der Waals surface area contributed by atoms with E-state index in [1.807, 2.05) is 19.1 Å². The van der Waals surface area contributed by atoms with Gasteiger partial charge in [0.05, 0.1) is 11.0 Å². The van der Waals surface area contributed by atoms with E-state index in [9.17, 15) is 9.59 Å². The normalized spacial score (nSPS) is 10.2. The summed E-state index contributed by atoms with van der Waals surface area (Å²) < 4.78 is 11.6. The lowest BCUT2D eigenvalue weighted by atomic mass is 10.1. The van der Waals surface area contributed by atoms with Gasteiger partial charge < -0.3 is 19.8 Å². The van der Waals surface area contributed by atoms with Crippen molar-refractivity contribution in [3.8, 4) is 11.5 Å². The van der Waals surface area contributed by atoms with Crippen LogP contribution in [-0.4, -0.2) is 22.5 Å². The van der Waals surface area contributed by atoms with Crippen molar-refractivity contribution in [2.75, 3.05) is 5.73 Å². The fourth-order valence-corrected chi connectivity index (χ4v) is 3.16. The van der Waals surface area contributed by atoms with E-state index in [1.165, 1.54) is 0 Å². The van der Waals surface area contributed by atoms with E-state index >= 15 is 0 Å². The van der Waals surface area contributed by atoms with Gasteiger partial charge >= 0.3 is 0 Å². The zero-order valence-electron chi connectivity index (χ0n) is 17.8. The molecule has 0 atom stereocenters. The molecular weight excluding hydrogens is 382 g/mol. The van der Waals surface area contributed by atoms with Crippen molar-refractivity contribution >= 4 is 29.7 Å².